The summed E-state index contributed by atoms with van der Waals surface area (Å²) < 4.78 is 5.76. The molecule has 3 rings (SSSR count). The summed E-state index contributed by atoms with van der Waals surface area (Å²) in [7, 11) is 0. The Kier molecular flexibility index (Phi) is 3.18. The number of hydrogen-bond donors (Lipinski definition) is 1. The lowest BCUT2D eigenvalue weighted by Crippen LogP contribution is -1.76. The van der Waals surface area contributed by atoms with Gasteiger partial charge in [0.15, 0.2) is 16.6 Å². The van der Waals surface area contributed by atoms with E-state index in [2.05, 4.69) is 15.0 Å². The van der Waals surface area contributed by atoms with E-state index < -0.39 is 0 Å². The van der Waals surface area contributed by atoms with E-state index in [1.165, 1.54) is 0 Å². The molecule has 0 aliphatic rings. The van der Waals surface area contributed by atoms with E-state index in [9.17, 15) is 0 Å². The second-order valence-corrected chi connectivity index (χ2v) is 4.15. The van der Waals surface area contributed by atoms with Crippen LogP contribution in [0.15, 0.2) is 70.3 Å². The molecule has 5 heteroatoms. The molecule has 96 valence electrons. The molecule has 1 N–H and O–H groups in total. The summed E-state index contributed by atoms with van der Waals surface area (Å²) in [5, 5.41) is 3.68. The zero-order chi connectivity index (χ0) is 13.8. The van der Waals surface area contributed by atoms with E-state index in [0.29, 0.717) is 17.3 Å². The summed E-state index contributed by atoms with van der Waals surface area (Å²) in [5.74, 6) is 1.24. The molecule has 0 atom stereocenters. The van der Waals surface area contributed by atoms with E-state index in [1.807, 2.05) is 42.5 Å². The number of nitrogens with zero attached hydrogens (tertiary/aromatic N) is 3. The molecule has 0 saturated carbocycles. The van der Waals surface area contributed by atoms with Crippen LogP contribution in [0.25, 0.3) is 22.8 Å². The molecule has 0 amide bonds. The van der Waals surface area contributed by atoms with Crippen LogP contribution < -0.4 is 4.91 Å². The van der Waals surface area contributed by atoms with Crippen molar-refractivity contribution in [3.63, 3.8) is 0 Å². The lowest BCUT2D eigenvalue weighted by molar-refractivity contribution is 0.589. The van der Waals surface area contributed by atoms with Gasteiger partial charge in [0.1, 0.15) is 5.53 Å². The van der Waals surface area contributed by atoms with E-state index in [0.717, 1.165) is 11.1 Å². The summed E-state index contributed by atoms with van der Waals surface area (Å²) >= 11 is 0. The zero-order valence-electron chi connectivity index (χ0n) is 10.5. The first-order chi connectivity index (χ1) is 9.86. The maximum atomic E-state index is 6.75. The summed E-state index contributed by atoms with van der Waals surface area (Å²) in [6.45, 7) is 0. The van der Waals surface area contributed by atoms with Gasteiger partial charge in [0.05, 0.1) is 6.20 Å². The van der Waals surface area contributed by atoms with Crippen molar-refractivity contribution in [3.8, 4) is 22.8 Å². The normalized spacial score (nSPS) is 10.0. The molecule has 0 saturated heterocycles. The highest BCUT2D eigenvalue weighted by molar-refractivity contribution is 5.63. The van der Waals surface area contributed by atoms with Gasteiger partial charge < -0.3 is 4.42 Å². The Morgan fingerprint density at radius 2 is 1.80 bits per heavy atom. The van der Waals surface area contributed by atoms with Crippen LogP contribution in [0, 0.1) is 5.53 Å². The van der Waals surface area contributed by atoms with Crippen molar-refractivity contribution in [1.82, 2.24) is 9.90 Å². The van der Waals surface area contributed by atoms with Gasteiger partial charge >= 0.3 is 0 Å². The van der Waals surface area contributed by atoms with Crippen molar-refractivity contribution >= 4 is 5.69 Å². The SMILES string of the molecule is N=[N+]=Nc1cccc(-c2ncc(-c3ccccc3)o2)c1. The molecule has 0 aliphatic heterocycles. The predicted molar refractivity (Wildman–Crippen MR) is 74.3 cm³/mol. The molecule has 0 fully saturated rings. The lowest BCUT2D eigenvalue weighted by Gasteiger charge is -1.96. The molecule has 1 heterocycles. The number of oxazole rings is 1. The molecule has 20 heavy (non-hydrogen) atoms. The van der Waals surface area contributed by atoms with Crippen LogP contribution in [0.5, 0.6) is 0 Å². The highest BCUT2D eigenvalue weighted by Crippen LogP contribution is 2.27. The fourth-order valence-corrected chi connectivity index (χ4v) is 1.90. The number of rotatable bonds is 3. The molecule has 0 radical (unpaired) electrons. The average molecular weight is 263 g/mol. The van der Waals surface area contributed by atoms with Crippen LogP contribution in [-0.2, 0) is 0 Å². The van der Waals surface area contributed by atoms with Crippen LogP contribution >= 0.6 is 0 Å². The van der Waals surface area contributed by atoms with Crippen molar-refractivity contribution in [3.05, 3.63) is 60.8 Å². The van der Waals surface area contributed by atoms with Crippen molar-refractivity contribution in [2.45, 2.75) is 0 Å². The van der Waals surface area contributed by atoms with Gasteiger partial charge in [-0.3, -0.25) is 0 Å². The molecule has 0 spiro atoms. The molecule has 3 aromatic rings. The van der Waals surface area contributed by atoms with E-state index >= 15 is 0 Å². The largest absolute Gasteiger partial charge is 0.436 e. The van der Waals surface area contributed by atoms with Crippen LogP contribution in [-0.4, -0.2) is 4.98 Å². The van der Waals surface area contributed by atoms with Crippen LogP contribution in [0.3, 0.4) is 0 Å². The van der Waals surface area contributed by atoms with Gasteiger partial charge in [0.25, 0.3) is 0 Å². The number of benzene rings is 2. The van der Waals surface area contributed by atoms with Gasteiger partial charge in [-0.2, -0.15) is 0 Å². The van der Waals surface area contributed by atoms with Crippen LogP contribution in [0.1, 0.15) is 0 Å². The Bertz CT molecular complexity index is 773. The summed E-state index contributed by atoms with van der Waals surface area (Å²) in [6.07, 6.45) is 1.70. The quantitative estimate of drug-likeness (QED) is 0.568. The zero-order valence-corrected chi connectivity index (χ0v) is 10.5. The van der Waals surface area contributed by atoms with Crippen molar-refractivity contribution in [2.75, 3.05) is 0 Å². The first-order valence-electron chi connectivity index (χ1n) is 6.06. The number of hydrogen-bond acceptors (Lipinski definition) is 4. The van der Waals surface area contributed by atoms with Crippen molar-refractivity contribution < 1.29 is 4.42 Å². The van der Waals surface area contributed by atoms with E-state index in [1.54, 1.807) is 18.3 Å². The third kappa shape index (κ3) is 2.39. The average Bonchev–Trinajstić information content (AvgIpc) is 2.99. The third-order valence-corrected chi connectivity index (χ3v) is 2.82. The number of nitrogens with one attached hydrogen (secondary N) is 1. The summed E-state index contributed by atoms with van der Waals surface area (Å²) in [6, 6.07) is 17.0. The Hall–Kier alpha value is -3.04. The smallest absolute Gasteiger partial charge is 0.226 e. The maximum absolute atomic E-state index is 6.75. The molecule has 2 aromatic carbocycles. The minimum Gasteiger partial charge on any atom is -0.436 e. The third-order valence-electron chi connectivity index (χ3n) is 2.82. The topological polar surface area (TPSA) is 76.3 Å². The molecule has 0 aliphatic carbocycles. The van der Waals surface area contributed by atoms with Gasteiger partial charge in [0.2, 0.25) is 10.8 Å². The standard InChI is InChI=1S/C15H11N4O/c16-19-18-13-8-4-7-12(9-13)15-17-10-14(20-15)11-5-2-1-3-6-11/h1-10,16H/q+1. The minimum atomic E-state index is 0.519. The van der Waals surface area contributed by atoms with Crippen molar-refractivity contribution in [2.24, 2.45) is 5.11 Å². The first kappa shape index (κ1) is 12.0. The molecule has 1 aromatic heterocycles. The fourth-order valence-electron chi connectivity index (χ4n) is 1.90. The van der Waals surface area contributed by atoms with Crippen LogP contribution in [0.4, 0.5) is 5.69 Å². The van der Waals surface area contributed by atoms with Crippen molar-refractivity contribution in [1.29, 1.82) is 5.53 Å². The Balaban J connectivity index is 1.98. The van der Waals surface area contributed by atoms with E-state index in [4.69, 9.17) is 9.95 Å². The monoisotopic (exact) mass is 263 g/mol. The Morgan fingerprint density at radius 1 is 1.00 bits per heavy atom. The van der Waals surface area contributed by atoms with Gasteiger partial charge in [-0.15, -0.1) is 0 Å². The second kappa shape index (κ2) is 5.30. The Labute approximate surface area is 115 Å². The molecule has 0 unspecified atom stereocenters. The predicted octanol–water partition coefficient (Wildman–Crippen LogP) is 4.19. The minimum absolute atomic E-state index is 0.519. The fraction of sp³-hybridized carbons (Fsp3) is 0. The lowest BCUT2D eigenvalue weighted by atomic mass is 10.2. The highest BCUT2D eigenvalue weighted by Gasteiger charge is 2.09. The van der Waals surface area contributed by atoms with Gasteiger partial charge in [-0.1, -0.05) is 36.4 Å². The highest BCUT2D eigenvalue weighted by atomic mass is 16.4. The summed E-state index contributed by atoms with van der Waals surface area (Å²) in [4.78, 5) is 7.30. The molecule has 5 nitrogen and oxygen atoms in total. The maximum Gasteiger partial charge on any atom is 0.226 e. The van der Waals surface area contributed by atoms with Gasteiger partial charge in [-0.05, 0) is 18.2 Å². The first-order valence-corrected chi connectivity index (χ1v) is 6.06. The molecular formula is C15H11N4O+. The van der Waals surface area contributed by atoms with E-state index in [-0.39, 0.29) is 0 Å². The van der Waals surface area contributed by atoms with Gasteiger partial charge in [-0.25, -0.2) is 4.98 Å². The molecular weight excluding hydrogens is 252 g/mol. The Morgan fingerprint density at radius 3 is 2.60 bits per heavy atom. The van der Waals surface area contributed by atoms with Gasteiger partial charge in [0, 0.05) is 11.1 Å². The summed E-state index contributed by atoms with van der Waals surface area (Å²) in [5.41, 5.74) is 9.13. The second-order valence-electron chi connectivity index (χ2n) is 4.15. The molecule has 0 bridgehead atoms. The number of aromatic nitrogens is 1. The van der Waals surface area contributed by atoms with Crippen LogP contribution in [0.2, 0.25) is 0 Å².